The lowest BCUT2D eigenvalue weighted by Crippen LogP contribution is -2.45. The van der Waals surface area contributed by atoms with E-state index < -0.39 is 30.2 Å². The molecule has 2 aromatic carbocycles. The summed E-state index contributed by atoms with van der Waals surface area (Å²) in [4.78, 5) is 10.5. The summed E-state index contributed by atoms with van der Waals surface area (Å²) in [7, 11) is 1.58. The molecular formula is C24H25F6O5-. The Morgan fingerprint density at radius 3 is 1.97 bits per heavy atom. The summed E-state index contributed by atoms with van der Waals surface area (Å²) in [5.74, 6) is -1.76. The van der Waals surface area contributed by atoms with Gasteiger partial charge in [-0.25, -0.2) is 4.39 Å². The number of rotatable bonds is 8. The number of halogens is 6. The Balaban J connectivity index is 0.000000283. The van der Waals surface area contributed by atoms with Gasteiger partial charge in [-0.15, -0.1) is 0 Å². The van der Waals surface area contributed by atoms with Gasteiger partial charge in [0.05, 0.1) is 6.10 Å². The SMILES string of the molecule is COCOC1CCC(C(=O)[O-])CC1.FC(C(F)(F)F)C(F)(F)Oc1ccc(-c2ccccc2)cc1. The average molecular weight is 507 g/mol. The maximum atomic E-state index is 13.1. The van der Waals surface area contributed by atoms with Crippen LogP contribution in [0, 0.1) is 5.92 Å². The van der Waals surface area contributed by atoms with Crippen molar-refractivity contribution in [3.05, 3.63) is 54.6 Å². The lowest BCUT2D eigenvalue weighted by molar-refractivity contribution is -0.313. The topological polar surface area (TPSA) is 67.8 Å². The molecule has 0 aliphatic heterocycles. The molecular weight excluding hydrogens is 482 g/mol. The van der Waals surface area contributed by atoms with Gasteiger partial charge in [0.25, 0.3) is 6.17 Å². The second kappa shape index (κ2) is 12.8. The van der Waals surface area contributed by atoms with Gasteiger partial charge in [-0.3, -0.25) is 0 Å². The van der Waals surface area contributed by atoms with Gasteiger partial charge in [0.2, 0.25) is 0 Å². The van der Waals surface area contributed by atoms with Gasteiger partial charge in [-0.1, -0.05) is 42.5 Å². The lowest BCUT2D eigenvalue weighted by atomic mass is 9.87. The standard InChI is InChI=1S/C15H10F6O.C9H16O4/c16-13(14(17,18)19)15(20,21)22-12-8-6-11(7-9-12)10-4-2-1-3-5-10;1-12-6-13-8-4-2-7(3-5-8)9(10)11/h1-9,13H;7-8H,2-6H2,1H3,(H,10,11)/p-1. The van der Waals surface area contributed by atoms with Gasteiger partial charge in [0.1, 0.15) is 12.5 Å². The van der Waals surface area contributed by atoms with E-state index >= 15 is 0 Å². The molecule has 0 heterocycles. The van der Waals surface area contributed by atoms with Gasteiger partial charge in [-0.05, 0) is 54.9 Å². The van der Waals surface area contributed by atoms with Gasteiger partial charge in [-0.2, -0.15) is 22.0 Å². The van der Waals surface area contributed by atoms with E-state index in [1.165, 1.54) is 12.1 Å². The van der Waals surface area contributed by atoms with Gasteiger partial charge >= 0.3 is 12.3 Å². The van der Waals surface area contributed by atoms with Crippen molar-refractivity contribution in [1.29, 1.82) is 0 Å². The largest absolute Gasteiger partial charge is 0.550 e. The fourth-order valence-electron chi connectivity index (χ4n) is 3.37. The molecule has 1 fully saturated rings. The third kappa shape index (κ3) is 9.06. The second-order valence-corrected chi connectivity index (χ2v) is 7.82. The van der Waals surface area contributed by atoms with Crippen LogP contribution < -0.4 is 9.84 Å². The van der Waals surface area contributed by atoms with E-state index in [1.807, 2.05) is 0 Å². The van der Waals surface area contributed by atoms with Crippen LogP contribution in [0.4, 0.5) is 26.3 Å². The highest BCUT2D eigenvalue weighted by molar-refractivity contribution is 5.67. The van der Waals surface area contributed by atoms with Crippen molar-refractivity contribution in [2.45, 2.75) is 50.2 Å². The van der Waals surface area contributed by atoms with Crippen LogP contribution in [0.15, 0.2) is 54.6 Å². The average Bonchev–Trinajstić information content (AvgIpc) is 2.83. The molecule has 1 unspecified atom stereocenters. The number of carbonyl (C=O) groups excluding carboxylic acids is 1. The highest BCUT2D eigenvalue weighted by atomic mass is 19.4. The van der Waals surface area contributed by atoms with Crippen LogP contribution >= 0.6 is 0 Å². The van der Waals surface area contributed by atoms with Crippen molar-refractivity contribution in [2.75, 3.05) is 13.9 Å². The summed E-state index contributed by atoms with van der Waals surface area (Å²) in [6.45, 7) is 0.292. The molecule has 1 aliphatic rings. The Hall–Kier alpha value is -2.79. The maximum absolute atomic E-state index is 13.1. The normalized spacial score (nSPS) is 19.3. The Labute approximate surface area is 198 Å². The smallest absolute Gasteiger partial charge is 0.439 e. The second-order valence-electron chi connectivity index (χ2n) is 7.82. The third-order valence-electron chi connectivity index (χ3n) is 5.23. The van der Waals surface area contributed by atoms with Gasteiger partial charge < -0.3 is 24.1 Å². The Bertz CT molecular complexity index is 897. The minimum absolute atomic E-state index is 0.163. The highest BCUT2D eigenvalue weighted by Gasteiger charge is 2.59. The van der Waals surface area contributed by atoms with Crippen LogP contribution in [0.25, 0.3) is 11.1 Å². The zero-order valence-electron chi connectivity index (χ0n) is 18.8. The molecule has 0 N–H and O–H groups in total. The number of aliphatic carboxylic acids is 1. The number of methoxy groups -OCH3 is 1. The van der Waals surface area contributed by atoms with Crippen molar-refractivity contribution in [2.24, 2.45) is 5.92 Å². The number of ether oxygens (including phenoxy) is 3. The summed E-state index contributed by atoms with van der Waals surface area (Å²) in [5.41, 5.74) is 1.45. The van der Waals surface area contributed by atoms with E-state index in [0.717, 1.165) is 30.5 Å². The molecule has 1 atom stereocenters. The van der Waals surface area contributed by atoms with E-state index in [1.54, 1.807) is 37.4 Å². The monoisotopic (exact) mass is 507 g/mol. The van der Waals surface area contributed by atoms with Crippen molar-refractivity contribution >= 4 is 5.97 Å². The summed E-state index contributed by atoms with van der Waals surface area (Å²) < 4.78 is 88.9. The number of hydrogen-bond acceptors (Lipinski definition) is 5. The summed E-state index contributed by atoms with van der Waals surface area (Å²) in [5, 5.41) is 10.5. The molecule has 2 aromatic rings. The number of carbonyl (C=O) groups is 1. The fraction of sp³-hybridized carbons (Fsp3) is 0.458. The van der Waals surface area contributed by atoms with E-state index in [0.29, 0.717) is 25.2 Å². The van der Waals surface area contributed by atoms with Crippen LogP contribution in [0.2, 0.25) is 0 Å². The molecule has 0 aromatic heterocycles. The van der Waals surface area contributed by atoms with E-state index in [-0.39, 0.29) is 12.0 Å². The van der Waals surface area contributed by atoms with Crippen molar-refractivity contribution in [3.63, 3.8) is 0 Å². The lowest BCUT2D eigenvalue weighted by Gasteiger charge is -2.28. The zero-order chi connectivity index (χ0) is 26.1. The van der Waals surface area contributed by atoms with E-state index in [2.05, 4.69) is 4.74 Å². The first-order valence-corrected chi connectivity index (χ1v) is 10.7. The van der Waals surface area contributed by atoms with E-state index in [9.17, 15) is 36.2 Å². The molecule has 0 spiro atoms. The first kappa shape index (κ1) is 28.4. The van der Waals surface area contributed by atoms with Crippen LogP contribution in [0.3, 0.4) is 0 Å². The number of carboxylic acid groups (broad SMARTS) is 1. The minimum Gasteiger partial charge on any atom is -0.550 e. The predicted octanol–water partition coefficient (Wildman–Crippen LogP) is 5.14. The van der Waals surface area contributed by atoms with E-state index in [4.69, 9.17) is 9.47 Å². The Kier molecular flexibility index (Phi) is 10.4. The zero-order valence-corrected chi connectivity index (χ0v) is 18.8. The van der Waals surface area contributed by atoms with Crippen LogP contribution in [0.1, 0.15) is 25.7 Å². The summed E-state index contributed by atoms with van der Waals surface area (Å²) >= 11 is 0. The van der Waals surface area contributed by atoms with Gasteiger partial charge in [0.15, 0.2) is 0 Å². The number of hydrogen-bond donors (Lipinski definition) is 0. The fourth-order valence-corrected chi connectivity index (χ4v) is 3.37. The molecule has 1 saturated carbocycles. The number of alkyl halides is 6. The third-order valence-corrected chi connectivity index (χ3v) is 5.23. The molecule has 35 heavy (non-hydrogen) atoms. The number of benzene rings is 2. The molecule has 5 nitrogen and oxygen atoms in total. The predicted molar refractivity (Wildman–Crippen MR) is 112 cm³/mol. The van der Waals surface area contributed by atoms with Crippen molar-refractivity contribution in [3.8, 4) is 16.9 Å². The quantitative estimate of drug-likeness (QED) is 0.366. The molecule has 0 saturated heterocycles. The first-order chi connectivity index (χ1) is 16.4. The molecule has 3 rings (SSSR count). The first-order valence-electron chi connectivity index (χ1n) is 10.7. The maximum Gasteiger partial charge on any atom is 0.439 e. The molecule has 11 heteroatoms. The van der Waals surface area contributed by atoms with Crippen LogP contribution in [0.5, 0.6) is 5.75 Å². The van der Waals surface area contributed by atoms with Crippen molar-refractivity contribution in [1.82, 2.24) is 0 Å². The molecule has 1 aliphatic carbocycles. The minimum atomic E-state index is -5.70. The Morgan fingerprint density at radius 1 is 0.943 bits per heavy atom. The molecule has 0 radical (unpaired) electrons. The van der Waals surface area contributed by atoms with Crippen LogP contribution in [-0.2, 0) is 14.3 Å². The highest BCUT2D eigenvalue weighted by Crippen LogP contribution is 2.37. The molecule has 0 bridgehead atoms. The molecule has 194 valence electrons. The number of carboxylic acids is 1. The van der Waals surface area contributed by atoms with Crippen molar-refractivity contribution < 1.29 is 50.5 Å². The summed E-state index contributed by atoms with van der Waals surface area (Å²) in [6, 6.07) is 13.8. The summed E-state index contributed by atoms with van der Waals surface area (Å²) in [6.07, 6.45) is -12.0. The molecule has 0 amide bonds. The van der Waals surface area contributed by atoms with Gasteiger partial charge in [0, 0.05) is 13.1 Å². The Morgan fingerprint density at radius 2 is 1.49 bits per heavy atom. The van der Waals surface area contributed by atoms with Crippen LogP contribution in [-0.4, -0.2) is 44.4 Å².